The van der Waals surface area contributed by atoms with E-state index >= 15 is 0 Å². The molecule has 0 fully saturated rings. The molecule has 2 heteroatoms. The second kappa shape index (κ2) is 11.0. The average Bonchev–Trinajstić information content (AvgIpc) is 3.50. The lowest BCUT2D eigenvalue weighted by molar-refractivity contribution is 1.18. The molecule has 0 aliphatic heterocycles. The molecule has 0 bridgehead atoms. The van der Waals surface area contributed by atoms with E-state index in [1.165, 1.54) is 70.8 Å². The van der Waals surface area contributed by atoms with Crippen LogP contribution >= 0.6 is 0 Å². The van der Waals surface area contributed by atoms with Gasteiger partial charge >= 0.3 is 0 Å². The lowest BCUT2D eigenvalue weighted by Gasteiger charge is -2.17. The largest absolute Gasteiger partial charge is 0.309 e. The maximum Gasteiger partial charge on any atom is 0.0709 e. The Bertz CT molecular complexity index is 2790. The highest BCUT2D eigenvalue weighted by molar-refractivity contribution is 6.22. The number of para-hydroxylation sites is 1. The Labute approximate surface area is 284 Å². The van der Waals surface area contributed by atoms with Crippen molar-refractivity contribution >= 4 is 54.1 Å². The van der Waals surface area contributed by atoms with Crippen molar-refractivity contribution in [2.75, 3.05) is 0 Å². The van der Waals surface area contributed by atoms with Gasteiger partial charge in [0.25, 0.3) is 0 Å². The van der Waals surface area contributed by atoms with Gasteiger partial charge in [-0.2, -0.15) is 0 Å². The molecule has 0 saturated carbocycles. The monoisotopic (exact) mass is 622 g/mol. The van der Waals surface area contributed by atoms with Crippen molar-refractivity contribution in [3.8, 4) is 39.2 Å². The van der Waals surface area contributed by atoms with Crippen LogP contribution in [0.25, 0.3) is 93.3 Å². The lowest BCUT2D eigenvalue weighted by Crippen LogP contribution is -1.93. The van der Waals surface area contributed by atoms with Gasteiger partial charge in [0.2, 0.25) is 0 Å². The summed E-state index contributed by atoms with van der Waals surface area (Å²) in [6.45, 7) is 0. The van der Waals surface area contributed by atoms with E-state index in [1.807, 2.05) is 0 Å². The van der Waals surface area contributed by atoms with Crippen LogP contribution in [0.1, 0.15) is 0 Å². The van der Waals surface area contributed by atoms with E-state index in [9.17, 15) is 0 Å². The molecule has 2 nitrogen and oxygen atoms in total. The predicted octanol–water partition coefficient (Wildman–Crippen LogP) is 12.6. The molecule has 0 spiro atoms. The summed E-state index contributed by atoms with van der Waals surface area (Å²) >= 11 is 0. The highest BCUT2D eigenvalue weighted by Gasteiger charge is 2.19. The Morgan fingerprint density at radius 3 is 1.59 bits per heavy atom. The maximum absolute atomic E-state index is 5.21. The van der Waals surface area contributed by atoms with Crippen molar-refractivity contribution < 1.29 is 0 Å². The zero-order chi connectivity index (χ0) is 32.3. The fourth-order valence-corrected chi connectivity index (χ4v) is 7.88. The third kappa shape index (κ3) is 4.31. The van der Waals surface area contributed by atoms with Crippen LogP contribution in [0, 0.1) is 0 Å². The molecule has 0 atom stereocenters. The van der Waals surface area contributed by atoms with E-state index in [0.29, 0.717) is 0 Å². The number of aromatic nitrogens is 2. The number of benzene rings is 8. The molecule has 228 valence electrons. The van der Waals surface area contributed by atoms with Crippen LogP contribution in [0.2, 0.25) is 0 Å². The average molecular weight is 623 g/mol. The molecular formula is C47H30N2. The minimum absolute atomic E-state index is 0.962. The van der Waals surface area contributed by atoms with Gasteiger partial charge in [0.1, 0.15) is 0 Å². The first-order valence-electron chi connectivity index (χ1n) is 16.8. The maximum atomic E-state index is 5.21. The van der Waals surface area contributed by atoms with Gasteiger partial charge in [-0.05, 0) is 85.4 Å². The van der Waals surface area contributed by atoms with E-state index in [4.69, 9.17) is 4.98 Å². The van der Waals surface area contributed by atoms with Crippen LogP contribution in [0.3, 0.4) is 0 Å². The zero-order valence-corrected chi connectivity index (χ0v) is 26.7. The Hall–Kier alpha value is -6.51. The molecule has 0 N–H and O–H groups in total. The number of fused-ring (bicyclic) bond motifs is 6. The summed E-state index contributed by atoms with van der Waals surface area (Å²) < 4.78 is 2.39. The number of hydrogen-bond acceptors (Lipinski definition) is 1. The van der Waals surface area contributed by atoms with Crippen LogP contribution in [0.15, 0.2) is 182 Å². The quantitative estimate of drug-likeness (QED) is 0.179. The highest BCUT2D eigenvalue weighted by Crippen LogP contribution is 2.44. The molecule has 0 radical (unpaired) electrons. The molecule has 0 unspecified atom stereocenters. The molecule has 0 aliphatic carbocycles. The Balaban J connectivity index is 1.20. The van der Waals surface area contributed by atoms with Crippen molar-refractivity contribution in [3.05, 3.63) is 182 Å². The topological polar surface area (TPSA) is 17.8 Å². The lowest BCUT2D eigenvalue weighted by atomic mass is 9.86. The van der Waals surface area contributed by atoms with Crippen LogP contribution in [-0.4, -0.2) is 9.55 Å². The minimum atomic E-state index is 0.962. The molecule has 0 aliphatic rings. The summed E-state index contributed by atoms with van der Waals surface area (Å²) in [6, 6.07) is 63.4. The smallest absolute Gasteiger partial charge is 0.0709 e. The number of pyridine rings is 1. The fraction of sp³-hybridized carbons (Fsp3) is 0. The second-order valence-electron chi connectivity index (χ2n) is 12.7. The van der Waals surface area contributed by atoms with Crippen molar-refractivity contribution in [2.45, 2.75) is 0 Å². The first-order chi connectivity index (χ1) is 24.3. The van der Waals surface area contributed by atoms with Gasteiger partial charge in [0.15, 0.2) is 0 Å². The van der Waals surface area contributed by atoms with E-state index in [0.717, 1.165) is 22.5 Å². The predicted molar refractivity (Wildman–Crippen MR) is 207 cm³/mol. The third-order valence-corrected chi connectivity index (χ3v) is 9.99. The summed E-state index contributed by atoms with van der Waals surface area (Å²) in [6.07, 6.45) is 2.07. The minimum Gasteiger partial charge on any atom is -0.309 e. The molecule has 8 aromatic carbocycles. The molecule has 0 amide bonds. The van der Waals surface area contributed by atoms with Gasteiger partial charge < -0.3 is 4.57 Å². The molecule has 2 heterocycles. The molecule has 10 aromatic rings. The second-order valence-corrected chi connectivity index (χ2v) is 12.7. The Kier molecular flexibility index (Phi) is 6.22. The van der Waals surface area contributed by atoms with Gasteiger partial charge in [0, 0.05) is 33.8 Å². The standard InChI is InChI=1S/C47H30N2/c1-3-14-31(15-4-1)45-36-20-9-11-22-38(36)46(39-23-12-10-21-37(39)45)34-26-27-42(48-30-34)40-24-13-25-43-47(40)41-28-32-16-7-8-17-33(32)29-44(41)49(43)35-18-5-2-6-19-35/h1-30H. The van der Waals surface area contributed by atoms with Crippen molar-refractivity contribution in [3.63, 3.8) is 0 Å². The zero-order valence-electron chi connectivity index (χ0n) is 26.7. The van der Waals surface area contributed by atoms with Crippen molar-refractivity contribution in [1.82, 2.24) is 9.55 Å². The van der Waals surface area contributed by atoms with Crippen molar-refractivity contribution in [1.29, 1.82) is 0 Å². The Morgan fingerprint density at radius 1 is 0.388 bits per heavy atom. The number of hydrogen-bond donors (Lipinski definition) is 0. The van der Waals surface area contributed by atoms with Gasteiger partial charge in [-0.15, -0.1) is 0 Å². The molecule has 0 saturated heterocycles. The van der Waals surface area contributed by atoms with E-state index in [-0.39, 0.29) is 0 Å². The highest BCUT2D eigenvalue weighted by atomic mass is 15.0. The molecule has 2 aromatic heterocycles. The summed E-state index contributed by atoms with van der Waals surface area (Å²) in [4.78, 5) is 5.21. The first kappa shape index (κ1) is 27.6. The van der Waals surface area contributed by atoms with Crippen LogP contribution < -0.4 is 0 Å². The van der Waals surface area contributed by atoms with Crippen LogP contribution in [0.4, 0.5) is 0 Å². The van der Waals surface area contributed by atoms with Gasteiger partial charge in [0.05, 0.1) is 16.7 Å². The van der Waals surface area contributed by atoms with Gasteiger partial charge in [-0.3, -0.25) is 4.98 Å². The number of nitrogens with zero attached hydrogens (tertiary/aromatic N) is 2. The summed E-state index contributed by atoms with van der Waals surface area (Å²) in [5.74, 6) is 0. The van der Waals surface area contributed by atoms with Gasteiger partial charge in [-0.25, -0.2) is 0 Å². The summed E-state index contributed by atoms with van der Waals surface area (Å²) in [5.41, 5.74) is 10.4. The number of rotatable bonds is 4. The van der Waals surface area contributed by atoms with E-state index in [1.54, 1.807) is 0 Å². The first-order valence-corrected chi connectivity index (χ1v) is 16.8. The summed E-state index contributed by atoms with van der Waals surface area (Å²) in [5, 5.41) is 9.87. The fourth-order valence-electron chi connectivity index (χ4n) is 7.88. The van der Waals surface area contributed by atoms with Crippen LogP contribution in [0.5, 0.6) is 0 Å². The SMILES string of the molecule is c1ccc(-c2c3ccccc3c(-c3ccc(-c4cccc5c4c4cc6ccccc6cc4n5-c4ccccc4)nc3)c3ccccc23)cc1. The normalized spacial score (nSPS) is 11.7. The van der Waals surface area contributed by atoms with E-state index in [2.05, 4.69) is 187 Å². The summed E-state index contributed by atoms with van der Waals surface area (Å²) in [7, 11) is 0. The molecule has 49 heavy (non-hydrogen) atoms. The Morgan fingerprint density at radius 2 is 0.959 bits per heavy atom. The van der Waals surface area contributed by atoms with Crippen molar-refractivity contribution in [2.24, 2.45) is 0 Å². The molecule has 10 rings (SSSR count). The molecular weight excluding hydrogens is 593 g/mol. The van der Waals surface area contributed by atoms with E-state index < -0.39 is 0 Å². The van der Waals surface area contributed by atoms with Crippen LogP contribution in [-0.2, 0) is 0 Å². The third-order valence-electron chi connectivity index (χ3n) is 9.99. The van der Waals surface area contributed by atoms with Gasteiger partial charge in [-0.1, -0.05) is 140 Å².